The molecule has 0 saturated carbocycles. The number of sulfonamides is 1. The molecule has 2 aromatic rings. The van der Waals surface area contributed by atoms with Gasteiger partial charge in [0.1, 0.15) is 4.90 Å². The van der Waals surface area contributed by atoms with Gasteiger partial charge in [0, 0.05) is 38.8 Å². The highest BCUT2D eigenvalue weighted by Crippen LogP contribution is 2.34. The summed E-state index contributed by atoms with van der Waals surface area (Å²) in [6.07, 6.45) is 1.46. The maximum Gasteiger partial charge on any atom is 0.387 e. The molecule has 0 amide bonds. The molecule has 12 heteroatoms. The lowest BCUT2D eigenvalue weighted by Gasteiger charge is -2.25. The second-order valence-corrected chi connectivity index (χ2v) is 9.15. The van der Waals surface area contributed by atoms with E-state index in [1.807, 2.05) is 0 Å². The van der Waals surface area contributed by atoms with Crippen LogP contribution in [0, 0.1) is 10.1 Å². The van der Waals surface area contributed by atoms with Crippen molar-refractivity contribution in [1.82, 2.24) is 4.31 Å². The van der Waals surface area contributed by atoms with Gasteiger partial charge in [-0.1, -0.05) is 6.07 Å². The number of rotatable bonds is 9. The third kappa shape index (κ3) is 5.07. The SMILES string of the molecule is COc1cc(CN(C)c2ccc([N+](=O)[O-])cc2S(=O)(=O)N2CCCC2)ccc1OC(F)F. The van der Waals surface area contributed by atoms with E-state index in [1.54, 1.807) is 18.0 Å². The van der Waals surface area contributed by atoms with Crippen molar-refractivity contribution in [3.63, 3.8) is 0 Å². The molecule has 2 aromatic carbocycles. The Morgan fingerprint density at radius 1 is 1.16 bits per heavy atom. The van der Waals surface area contributed by atoms with E-state index in [9.17, 15) is 27.3 Å². The molecule has 9 nitrogen and oxygen atoms in total. The van der Waals surface area contributed by atoms with Crippen LogP contribution in [0.2, 0.25) is 0 Å². The van der Waals surface area contributed by atoms with Gasteiger partial charge >= 0.3 is 6.61 Å². The minimum Gasteiger partial charge on any atom is -0.493 e. The van der Waals surface area contributed by atoms with Gasteiger partial charge in [-0.25, -0.2) is 8.42 Å². The standard InChI is InChI=1S/C20H23F2N3O6S/c1-23(13-14-5-8-17(31-20(21)22)18(11-14)30-2)16-7-6-15(25(26)27)12-19(16)32(28,29)24-9-3-4-10-24/h5-8,11-12,20H,3-4,9-10,13H2,1-2H3. The number of nitro benzene ring substituents is 1. The summed E-state index contributed by atoms with van der Waals surface area (Å²) >= 11 is 0. The predicted molar refractivity (Wildman–Crippen MR) is 113 cm³/mol. The zero-order valence-corrected chi connectivity index (χ0v) is 18.3. The quantitative estimate of drug-likeness (QED) is 0.407. The van der Waals surface area contributed by atoms with E-state index in [-0.39, 0.29) is 34.3 Å². The molecule has 1 aliphatic heterocycles. The van der Waals surface area contributed by atoms with Crippen LogP contribution in [0.15, 0.2) is 41.3 Å². The minimum absolute atomic E-state index is 0.102. The van der Waals surface area contributed by atoms with Crippen molar-refractivity contribution >= 4 is 21.4 Å². The Kier molecular flexibility index (Phi) is 7.14. The number of benzene rings is 2. The highest BCUT2D eigenvalue weighted by atomic mass is 32.2. The molecule has 174 valence electrons. The number of ether oxygens (including phenoxy) is 2. The van der Waals surface area contributed by atoms with E-state index in [0.29, 0.717) is 18.7 Å². The lowest BCUT2D eigenvalue weighted by atomic mass is 10.1. The zero-order chi connectivity index (χ0) is 23.5. The Morgan fingerprint density at radius 3 is 2.44 bits per heavy atom. The van der Waals surface area contributed by atoms with Crippen molar-refractivity contribution in [3.05, 3.63) is 52.1 Å². The van der Waals surface area contributed by atoms with Crippen LogP contribution in [0.1, 0.15) is 18.4 Å². The molecule has 0 aliphatic carbocycles. The zero-order valence-electron chi connectivity index (χ0n) is 17.5. The van der Waals surface area contributed by atoms with Gasteiger partial charge in [-0.05, 0) is 36.6 Å². The summed E-state index contributed by atoms with van der Waals surface area (Å²) < 4.78 is 62.3. The number of non-ortho nitro benzene ring substituents is 1. The number of nitro groups is 1. The van der Waals surface area contributed by atoms with E-state index in [4.69, 9.17) is 4.74 Å². The summed E-state index contributed by atoms with van der Waals surface area (Å²) in [4.78, 5) is 12.1. The molecule has 0 aromatic heterocycles. The Balaban J connectivity index is 1.96. The predicted octanol–water partition coefficient (Wildman–Crippen LogP) is 3.63. The number of hydrogen-bond donors (Lipinski definition) is 0. The largest absolute Gasteiger partial charge is 0.493 e. The van der Waals surface area contributed by atoms with Gasteiger partial charge in [-0.15, -0.1) is 0 Å². The summed E-state index contributed by atoms with van der Waals surface area (Å²) in [6.45, 7) is -2.10. The van der Waals surface area contributed by atoms with Crippen LogP contribution in [0.3, 0.4) is 0 Å². The van der Waals surface area contributed by atoms with Gasteiger partial charge in [-0.3, -0.25) is 10.1 Å². The Labute approximate surface area is 184 Å². The fraction of sp³-hybridized carbons (Fsp3) is 0.400. The van der Waals surface area contributed by atoms with E-state index >= 15 is 0 Å². The lowest BCUT2D eigenvalue weighted by molar-refractivity contribution is -0.385. The number of alkyl halides is 2. The van der Waals surface area contributed by atoms with Crippen LogP contribution in [-0.2, 0) is 16.6 Å². The molecule has 0 spiro atoms. The number of hydrogen-bond acceptors (Lipinski definition) is 7. The highest BCUT2D eigenvalue weighted by Gasteiger charge is 2.32. The molecule has 1 heterocycles. The summed E-state index contributed by atoms with van der Waals surface area (Å²) in [5, 5.41) is 11.3. The van der Waals surface area contributed by atoms with Crippen molar-refractivity contribution in [1.29, 1.82) is 0 Å². The molecule has 0 bridgehead atoms. The number of methoxy groups -OCH3 is 1. The second kappa shape index (κ2) is 9.65. The Hall–Kier alpha value is -2.99. The summed E-state index contributed by atoms with van der Waals surface area (Å²) in [7, 11) is -0.980. The van der Waals surface area contributed by atoms with Crippen molar-refractivity contribution in [2.45, 2.75) is 30.9 Å². The third-order valence-corrected chi connectivity index (χ3v) is 7.04. The first-order valence-electron chi connectivity index (χ1n) is 9.75. The van der Waals surface area contributed by atoms with Crippen molar-refractivity contribution in [2.24, 2.45) is 0 Å². The molecule has 1 saturated heterocycles. The molecule has 0 unspecified atom stereocenters. The average Bonchev–Trinajstić information content (AvgIpc) is 3.29. The van der Waals surface area contributed by atoms with Crippen LogP contribution < -0.4 is 14.4 Å². The van der Waals surface area contributed by atoms with Crippen LogP contribution in [0.5, 0.6) is 11.5 Å². The maximum atomic E-state index is 13.2. The van der Waals surface area contributed by atoms with Gasteiger partial charge in [0.15, 0.2) is 11.5 Å². The molecular formula is C20H23F2N3O6S. The average molecular weight is 471 g/mol. The summed E-state index contributed by atoms with van der Waals surface area (Å²) in [6, 6.07) is 8.11. The van der Waals surface area contributed by atoms with E-state index in [1.165, 1.54) is 35.7 Å². The molecule has 32 heavy (non-hydrogen) atoms. The molecule has 3 rings (SSSR count). The topological polar surface area (TPSA) is 102 Å². The van der Waals surface area contributed by atoms with E-state index in [0.717, 1.165) is 18.9 Å². The number of halogens is 2. The Morgan fingerprint density at radius 2 is 1.84 bits per heavy atom. The third-order valence-electron chi connectivity index (χ3n) is 5.11. The van der Waals surface area contributed by atoms with Crippen LogP contribution >= 0.6 is 0 Å². The second-order valence-electron chi connectivity index (χ2n) is 7.24. The fourth-order valence-electron chi connectivity index (χ4n) is 3.57. The molecular weight excluding hydrogens is 448 g/mol. The maximum absolute atomic E-state index is 13.2. The van der Waals surface area contributed by atoms with Crippen LogP contribution in [0.4, 0.5) is 20.2 Å². The first kappa shape index (κ1) is 23.7. The number of nitrogens with zero attached hydrogens (tertiary/aromatic N) is 3. The monoisotopic (exact) mass is 471 g/mol. The minimum atomic E-state index is -3.94. The molecule has 0 radical (unpaired) electrons. The van der Waals surface area contributed by atoms with Crippen LogP contribution in [0.25, 0.3) is 0 Å². The summed E-state index contributed by atoms with van der Waals surface area (Å²) in [5.41, 5.74) is 0.596. The van der Waals surface area contributed by atoms with Crippen LogP contribution in [-0.4, -0.2) is 51.5 Å². The van der Waals surface area contributed by atoms with Gasteiger partial charge in [0.05, 0.1) is 17.7 Å². The molecule has 1 fully saturated rings. The smallest absolute Gasteiger partial charge is 0.387 e. The van der Waals surface area contributed by atoms with Gasteiger partial charge in [-0.2, -0.15) is 13.1 Å². The van der Waals surface area contributed by atoms with Crippen molar-refractivity contribution < 1.29 is 31.6 Å². The summed E-state index contributed by atoms with van der Waals surface area (Å²) in [5.74, 6) is -0.0219. The van der Waals surface area contributed by atoms with E-state index in [2.05, 4.69) is 4.74 Å². The van der Waals surface area contributed by atoms with Gasteiger partial charge in [0.25, 0.3) is 5.69 Å². The van der Waals surface area contributed by atoms with E-state index < -0.39 is 21.6 Å². The molecule has 0 N–H and O–H groups in total. The van der Waals surface area contributed by atoms with Gasteiger partial charge in [0.2, 0.25) is 10.0 Å². The van der Waals surface area contributed by atoms with Crippen molar-refractivity contribution in [3.8, 4) is 11.5 Å². The van der Waals surface area contributed by atoms with Crippen molar-refractivity contribution in [2.75, 3.05) is 32.1 Å². The number of anilines is 1. The molecule has 1 aliphatic rings. The fourth-order valence-corrected chi connectivity index (χ4v) is 5.34. The first-order chi connectivity index (χ1) is 15.1. The van der Waals surface area contributed by atoms with Gasteiger partial charge < -0.3 is 14.4 Å². The normalized spacial score (nSPS) is 14.5. The highest BCUT2D eigenvalue weighted by molar-refractivity contribution is 7.89. The lowest BCUT2D eigenvalue weighted by Crippen LogP contribution is -2.30. The first-order valence-corrected chi connectivity index (χ1v) is 11.2. The Bertz CT molecular complexity index is 1090. The molecule has 0 atom stereocenters.